The Morgan fingerprint density at radius 1 is 0.929 bits per heavy atom. The maximum atomic E-state index is 13.9. The van der Waals surface area contributed by atoms with Gasteiger partial charge in [0.2, 0.25) is 0 Å². The molecule has 142 valence electrons. The largest absolute Gasteiger partial charge is 0.316 e. The van der Waals surface area contributed by atoms with Gasteiger partial charge in [0, 0.05) is 24.0 Å². The van der Waals surface area contributed by atoms with Crippen molar-refractivity contribution in [3.05, 3.63) is 81.0 Å². The lowest BCUT2D eigenvalue weighted by molar-refractivity contribution is 0.445. The van der Waals surface area contributed by atoms with Gasteiger partial charge < -0.3 is 9.13 Å². The second kappa shape index (κ2) is 6.51. The van der Waals surface area contributed by atoms with Crippen LogP contribution in [0.1, 0.15) is 31.0 Å². The molecule has 2 fully saturated rings. The van der Waals surface area contributed by atoms with Crippen molar-refractivity contribution in [1.82, 2.24) is 19.3 Å². The van der Waals surface area contributed by atoms with E-state index in [9.17, 15) is 14.0 Å². The molecule has 0 amide bonds. The summed E-state index contributed by atoms with van der Waals surface area (Å²) in [4.78, 5) is 25.0. The van der Waals surface area contributed by atoms with Crippen molar-refractivity contribution in [2.45, 2.75) is 31.8 Å². The Morgan fingerprint density at radius 2 is 1.71 bits per heavy atom. The second-order valence-corrected chi connectivity index (χ2v) is 7.71. The number of rotatable bonds is 4. The summed E-state index contributed by atoms with van der Waals surface area (Å²) < 4.78 is 16.8. The van der Waals surface area contributed by atoms with E-state index in [2.05, 4.69) is 10.2 Å². The van der Waals surface area contributed by atoms with Crippen molar-refractivity contribution in [2.24, 2.45) is 11.8 Å². The number of aromatic nitrogens is 4. The SMILES string of the molecule is O=c1c(=O)n(C2C[C@@H]3C[C@@H]3C2)ccn1Cc1ccc(-c2ccccc2F)nn1. The fourth-order valence-electron chi connectivity index (χ4n) is 4.27. The first-order valence-corrected chi connectivity index (χ1v) is 9.49. The quantitative estimate of drug-likeness (QED) is 0.655. The van der Waals surface area contributed by atoms with E-state index in [4.69, 9.17) is 0 Å². The van der Waals surface area contributed by atoms with Gasteiger partial charge >= 0.3 is 11.1 Å². The molecule has 2 aliphatic rings. The van der Waals surface area contributed by atoms with E-state index in [1.807, 2.05) is 0 Å². The molecule has 0 bridgehead atoms. The van der Waals surface area contributed by atoms with E-state index < -0.39 is 11.1 Å². The van der Waals surface area contributed by atoms with Gasteiger partial charge in [-0.05, 0) is 55.4 Å². The van der Waals surface area contributed by atoms with Crippen LogP contribution in [0.4, 0.5) is 4.39 Å². The fourth-order valence-corrected chi connectivity index (χ4v) is 4.27. The molecular weight excluding hydrogens is 359 g/mol. The van der Waals surface area contributed by atoms with Crippen molar-refractivity contribution < 1.29 is 4.39 Å². The molecule has 0 spiro atoms. The molecule has 2 aliphatic carbocycles. The van der Waals surface area contributed by atoms with Crippen molar-refractivity contribution in [3.63, 3.8) is 0 Å². The highest BCUT2D eigenvalue weighted by atomic mass is 19.1. The number of hydrogen-bond acceptors (Lipinski definition) is 4. The predicted molar refractivity (Wildman–Crippen MR) is 101 cm³/mol. The van der Waals surface area contributed by atoms with E-state index in [-0.39, 0.29) is 18.4 Å². The normalized spacial score (nSPS) is 22.8. The Morgan fingerprint density at radius 3 is 2.43 bits per heavy atom. The average molecular weight is 378 g/mol. The molecule has 6 nitrogen and oxygen atoms in total. The molecule has 3 aromatic rings. The Bertz CT molecular complexity index is 1140. The Labute approximate surface area is 160 Å². The van der Waals surface area contributed by atoms with Crippen LogP contribution in [0.5, 0.6) is 0 Å². The van der Waals surface area contributed by atoms with Crippen molar-refractivity contribution in [2.75, 3.05) is 0 Å². The van der Waals surface area contributed by atoms with Crippen LogP contribution in [-0.4, -0.2) is 19.3 Å². The van der Waals surface area contributed by atoms with Gasteiger partial charge in [0.05, 0.1) is 17.9 Å². The van der Waals surface area contributed by atoms with Crippen molar-refractivity contribution in [1.29, 1.82) is 0 Å². The van der Waals surface area contributed by atoms with Gasteiger partial charge in [-0.1, -0.05) is 12.1 Å². The molecule has 2 saturated carbocycles. The van der Waals surface area contributed by atoms with Gasteiger partial charge in [-0.25, -0.2) is 4.39 Å². The summed E-state index contributed by atoms with van der Waals surface area (Å²) >= 11 is 0. The summed E-state index contributed by atoms with van der Waals surface area (Å²) in [5.41, 5.74) is 0.287. The highest BCUT2D eigenvalue weighted by Gasteiger charge is 2.46. The topological polar surface area (TPSA) is 69.8 Å². The van der Waals surface area contributed by atoms with Gasteiger partial charge in [-0.3, -0.25) is 9.59 Å². The molecule has 2 heterocycles. The summed E-state index contributed by atoms with van der Waals surface area (Å²) in [7, 11) is 0. The van der Waals surface area contributed by atoms with Crippen LogP contribution in [0.15, 0.2) is 58.4 Å². The minimum absolute atomic E-state index is 0.148. The Hall–Kier alpha value is -3.09. The Balaban J connectivity index is 1.37. The first-order valence-electron chi connectivity index (χ1n) is 9.49. The smallest absolute Gasteiger partial charge is 0.306 e. The molecule has 0 radical (unpaired) electrons. The van der Waals surface area contributed by atoms with Gasteiger partial charge in [0.25, 0.3) is 0 Å². The molecule has 3 atom stereocenters. The molecule has 0 N–H and O–H groups in total. The molecule has 1 unspecified atom stereocenters. The lowest BCUT2D eigenvalue weighted by atomic mass is 10.1. The van der Waals surface area contributed by atoms with Crippen molar-refractivity contribution >= 4 is 0 Å². The third-order valence-corrected chi connectivity index (χ3v) is 5.90. The van der Waals surface area contributed by atoms with E-state index >= 15 is 0 Å². The van der Waals surface area contributed by atoms with E-state index in [0.29, 0.717) is 17.0 Å². The van der Waals surface area contributed by atoms with Crippen LogP contribution in [0.2, 0.25) is 0 Å². The summed E-state index contributed by atoms with van der Waals surface area (Å²) in [6.45, 7) is 0.148. The van der Waals surface area contributed by atoms with E-state index in [0.717, 1.165) is 24.7 Å². The molecule has 2 aromatic heterocycles. The highest BCUT2D eigenvalue weighted by Crippen LogP contribution is 2.55. The number of halogens is 1. The first kappa shape index (κ1) is 17.0. The third-order valence-electron chi connectivity index (χ3n) is 5.90. The minimum atomic E-state index is -0.553. The van der Waals surface area contributed by atoms with Crippen LogP contribution in [0.3, 0.4) is 0 Å². The molecule has 0 aliphatic heterocycles. The highest BCUT2D eigenvalue weighted by molar-refractivity contribution is 5.58. The lowest BCUT2D eigenvalue weighted by Gasteiger charge is -2.16. The lowest BCUT2D eigenvalue weighted by Crippen LogP contribution is -2.42. The van der Waals surface area contributed by atoms with E-state index in [1.165, 1.54) is 17.1 Å². The van der Waals surface area contributed by atoms with Crippen LogP contribution < -0.4 is 11.1 Å². The van der Waals surface area contributed by atoms with Crippen LogP contribution in [0.25, 0.3) is 11.3 Å². The monoisotopic (exact) mass is 378 g/mol. The average Bonchev–Trinajstić information content (AvgIpc) is 3.32. The summed E-state index contributed by atoms with van der Waals surface area (Å²) in [6, 6.07) is 9.86. The van der Waals surface area contributed by atoms with Gasteiger partial charge in [-0.15, -0.1) is 0 Å². The fraction of sp³-hybridized carbons (Fsp3) is 0.333. The van der Waals surface area contributed by atoms with Crippen LogP contribution in [-0.2, 0) is 6.54 Å². The van der Waals surface area contributed by atoms with E-state index in [1.54, 1.807) is 47.3 Å². The zero-order chi connectivity index (χ0) is 19.3. The zero-order valence-corrected chi connectivity index (χ0v) is 15.2. The van der Waals surface area contributed by atoms with Gasteiger partial charge in [-0.2, -0.15) is 10.2 Å². The molecule has 28 heavy (non-hydrogen) atoms. The van der Waals surface area contributed by atoms with Gasteiger partial charge in [0.15, 0.2) is 0 Å². The number of hydrogen-bond donors (Lipinski definition) is 0. The number of benzene rings is 1. The van der Waals surface area contributed by atoms with Crippen LogP contribution >= 0.6 is 0 Å². The second-order valence-electron chi connectivity index (χ2n) is 7.71. The zero-order valence-electron chi connectivity index (χ0n) is 15.2. The predicted octanol–water partition coefficient (Wildman–Crippen LogP) is 2.63. The number of fused-ring (bicyclic) bond motifs is 1. The van der Waals surface area contributed by atoms with Crippen LogP contribution in [0, 0.1) is 17.7 Å². The Kier molecular flexibility index (Phi) is 3.96. The molecule has 7 heteroatoms. The third kappa shape index (κ3) is 2.96. The number of nitrogens with zero attached hydrogens (tertiary/aromatic N) is 4. The summed E-state index contributed by atoms with van der Waals surface area (Å²) in [5.74, 6) is 1.11. The maximum absolute atomic E-state index is 13.9. The first-order chi connectivity index (χ1) is 13.6. The summed E-state index contributed by atoms with van der Waals surface area (Å²) in [5, 5.41) is 8.16. The van der Waals surface area contributed by atoms with Gasteiger partial charge in [0.1, 0.15) is 5.82 Å². The minimum Gasteiger partial charge on any atom is -0.306 e. The standard InChI is InChI=1S/C21H19FN4O2/c22-18-4-2-1-3-17(18)19-6-5-15(23-24-19)12-25-7-8-26(21(28)20(25)27)16-10-13-9-14(13)11-16/h1-8,13-14,16H,9-12H2/t13-,14+,16?. The molecule has 1 aromatic carbocycles. The molecule has 5 rings (SSSR count). The molecular formula is C21H19FN4O2. The summed E-state index contributed by atoms with van der Waals surface area (Å²) in [6.07, 6.45) is 6.61. The molecule has 0 saturated heterocycles. The van der Waals surface area contributed by atoms with Crippen molar-refractivity contribution in [3.8, 4) is 11.3 Å². The maximum Gasteiger partial charge on any atom is 0.316 e.